The van der Waals surface area contributed by atoms with E-state index in [0.717, 1.165) is 32.6 Å². The summed E-state index contributed by atoms with van der Waals surface area (Å²) in [6.07, 6.45) is 3.73. The van der Waals surface area contributed by atoms with Crippen LogP contribution in [0.2, 0.25) is 0 Å². The molecule has 4 nitrogen and oxygen atoms in total. The summed E-state index contributed by atoms with van der Waals surface area (Å²) in [5, 5.41) is 3.15. The summed E-state index contributed by atoms with van der Waals surface area (Å²) in [5.41, 5.74) is 0. The largest absolute Gasteiger partial charge is 0.343 e. The molecule has 0 saturated carbocycles. The Kier molecular flexibility index (Phi) is 5.56. The lowest BCUT2D eigenvalue weighted by molar-refractivity contribution is -0.118. The summed E-state index contributed by atoms with van der Waals surface area (Å²) in [4.78, 5) is 14.2. The zero-order chi connectivity index (χ0) is 10.2. The summed E-state index contributed by atoms with van der Waals surface area (Å²) in [6.45, 7) is 6.25. The van der Waals surface area contributed by atoms with E-state index in [4.69, 9.17) is 0 Å². The minimum Gasteiger partial charge on any atom is -0.343 e. The highest BCUT2D eigenvalue weighted by atomic mass is 16.1. The van der Waals surface area contributed by atoms with E-state index in [9.17, 15) is 4.79 Å². The van der Waals surface area contributed by atoms with Gasteiger partial charge in [0.05, 0.1) is 0 Å². The second-order valence-electron chi connectivity index (χ2n) is 3.90. The van der Waals surface area contributed by atoms with Gasteiger partial charge in [-0.05, 0) is 33.0 Å². The number of nitrogens with zero attached hydrogens (tertiary/aromatic N) is 2. The molecule has 0 spiro atoms. The Hall–Kier alpha value is -0.610. The molecule has 0 unspecified atom stereocenters. The number of carbonyl (C=O) groups excluding carboxylic acids is 1. The Morgan fingerprint density at radius 2 is 1.64 bits per heavy atom. The van der Waals surface area contributed by atoms with Crippen molar-refractivity contribution in [2.24, 2.45) is 0 Å². The van der Waals surface area contributed by atoms with E-state index in [1.807, 2.05) is 0 Å². The molecule has 2 fully saturated rings. The number of likely N-dealkylation sites (tertiary alicyclic amines) is 1. The average Bonchev–Trinajstić information content (AvgIpc) is 2.71. The maximum atomic E-state index is 10.1. The van der Waals surface area contributed by atoms with Crippen molar-refractivity contribution in [1.82, 2.24) is 15.1 Å². The summed E-state index contributed by atoms with van der Waals surface area (Å²) in [5.74, 6) is 0. The van der Waals surface area contributed by atoms with Crippen molar-refractivity contribution in [2.75, 3.05) is 46.3 Å². The highest BCUT2D eigenvalue weighted by molar-refractivity contribution is 5.47. The maximum Gasteiger partial charge on any atom is 0.209 e. The summed E-state index contributed by atoms with van der Waals surface area (Å²) >= 11 is 0. The van der Waals surface area contributed by atoms with Gasteiger partial charge >= 0.3 is 0 Å². The van der Waals surface area contributed by atoms with Crippen LogP contribution >= 0.6 is 0 Å². The van der Waals surface area contributed by atoms with E-state index < -0.39 is 0 Å². The normalized spacial score (nSPS) is 22.8. The monoisotopic (exact) mass is 199 g/mol. The Bertz CT molecular complexity index is 151. The average molecular weight is 199 g/mol. The highest BCUT2D eigenvalue weighted by Crippen LogP contribution is 2.02. The predicted molar refractivity (Wildman–Crippen MR) is 57.2 cm³/mol. The molecular formula is C10H21N3O. The van der Waals surface area contributed by atoms with E-state index in [1.54, 1.807) is 4.90 Å². The third-order valence-corrected chi connectivity index (χ3v) is 2.63. The second kappa shape index (κ2) is 6.79. The summed E-state index contributed by atoms with van der Waals surface area (Å²) < 4.78 is 0. The fraction of sp³-hybridized carbons (Fsp3) is 0.900. The molecule has 2 aliphatic heterocycles. The zero-order valence-corrected chi connectivity index (χ0v) is 9.04. The third kappa shape index (κ3) is 4.58. The van der Waals surface area contributed by atoms with Gasteiger partial charge in [-0.25, -0.2) is 0 Å². The van der Waals surface area contributed by atoms with E-state index >= 15 is 0 Å². The molecule has 2 heterocycles. The molecule has 0 bridgehead atoms. The van der Waals surface area contributed by atoms with Gasteiger partial charge in [-0.15, -0.1) is 0 Å². The molecule has 4 heteroatoms. The van der Waals surface area contributed by atoms with Gasteiger partial charge in [0, 0.05) is 26.2 Å². The van der Waals surface area contributed by atoms with Gasteiger partial charge in [0.2, 0.25) is 6.41 Å². The maximum absolute atomic E-state index is 10.1. The second-order valence-corrected chi connectivity index (χ2v) is 3.90. The van der Waals surface area contributed by atoms with Gasteiger partial charge in [0.1, 0.15) is 0 Å². The molecule has 82 valence electrons. The van der Waals surface area contributed by atoms with Crippen LogP contribution in [0.15, 0.2) is 0 Å². The molecule has 0 radical (unpaired) electrons. The molecule has 14 heavy (non-hydrogen) atoms. The lowest BCUT2D eigenvalue weighted by atomic mass is 10.4. The lowest BCUT2D eigenvalue weighted by Gasteiger charge is -2.22. The molecule has 0 aliphatic carbocycles. The molecule has 1 amide bonds. The Labute approximate surface area is 86.2 Å². The van der Waals surface area contributed by atoms with Crippen molar-refractivity contribution < 1.29 is 4.79 Å². The first kappa shape index (κ1) is 11.5. The summed E-state index contributed by atoms with van der Waals surface area (Å²) in [7, 11) is 2.17. The smallest absolute Gasteiger partial charge is 0.209 e. The molecule has 0 aromatic carbocycles. The van der Waals surface area contributed by atoms with Crippen molar-refractivity contribution in [3.63, 3.8) is 0 Å². The molecule has 2 aliphatic rings. The number of hydrogen-bond donors (Lipinski definition) is 1. The van der Waals surface area contributed by atoms with Crippen molar-refractivity contribution in [1.29, 1.82) is 0 Å². The first-order valence-corrected chi connectivity index (χ1v) is 5.41. The third-order valence-electron chi connectivity index (χ3n) is 2.63. The Balaban J connectivity index is 0.000000146. The predicted octanol–water partition coefficient (Wildman–Crippen LogP) is -0.240. The van der Waals surface area contributed by atoms with Crippen LogP contribution in [0, 0.1) is 0 Å². The van der Waals surface area contributed by atoms with Gasteiger partial charge in [0.15, 0.2) is 0 Å². The minimum absolute atomic E-state index is 0.865. The van der Waals surface area contributed by atoms with Gasteiger partial charge in [-0.1, -0.05) is 0 Å². The van der Waals surface area contributed by atoms with Crippen molar-refractivity contribution in [3.05, 3.63) is 0 Å². The number of carbonyl (C=O) groups is 1. The van der Waals surface area contributed by atoms with E-state index in [1.165, 1.54) is 25.9 Å². The molecule has 2 saturated heterocycles. The highest BCUT2D eigenvalue weighted by Gasteiger charge is 2.04. The van der Waals surface area contributed by atoms with Crippen LogP contribution < -0.4 is 5.32 Å². The topological polar surface area (TPSA) is 35.6 Å². The van der Waals surface area contributed by atoms with Gasteiger partial charge in [0.25, 0.3) is 0 Å². The standard InChI is InChI=1S/C5H10N2O.C5H11N/c8-5-7-3-1-6-2-4-7;1-6-4-2-3-5-6/h5-6H,1-4H2;2-5H2,1H3. The van der Waals surface area contributed by atoms with E-state index in [2.05, 4.69) is 17.3 Å². The number of hydrogen-bond acceptors (Lipinski definition) is 3. The van der Waals surface area contributed by atoms with Gasteiger partial charge in [-0.3, -0.25) is 4.79 Å². The number of amides is 1. The van der Waals surface area contributed by atoms with Crippen molar-refractivity contribution >= 4 is 6.41 Å². The fourth-order valence-electron chi connectivity index (χ4n) is 1.66. The molecular weight excluding hydrogens is 178 g/mol. The zero-order valence-electron chi connectivity index (χ0n) is 9.04. The SMILES string of the molecule is CN1CCCC1.O=CN1CCNCC1. The Morgan fingerprint density at radius 3 is 1.93 bits per heavy atom. The lowest BCUT2D eigenvalue weighted by Crippen LogP contribution is -2.42. The summed E-state index contributed by atoms with van der Waals surface area (Å²) in [6, 6.07) is 0. The first-order chi connectivity index (χ1) is 6.83. The molecule has 1 N–H and O–H groups in total. The van der Waals surface area contributed by atoms with Crippen molar-refractivity contribution in [2.45, 2.75) is 12.8 Å². The van der Waals surface area contributed by atoms with E-state index in [-0.39, 0.29) is 0 Å². The first-order valence-electron chi connectivity index (χ1n) is 5.41. The van der Waals surface area contributed by atoms with Crippen LogP contribution in [0.3, 0.4) is 0 Å². The quantitative estimate of drug-likeness (QED) is 0.592. The van der Waals surface area contributed by atoms with Crippen LogP contribution in [-0.4, -0.2) is 62.5 Å². The number of piperazine rings is 1. The fourth-order valence-corrected chi connectivity index (χ4v) is 1.66. The molecule has 0 aromatic rings. The molecule has 0 aromatic heterocycles. The van der Waals surface area contributed by atoms with Gasteiger partial charge < -0.3 is 15.1 Å². The molecule has 0 atom stereocenters. The van der Waals surface area contributed by atoms with E-state index in [0.29, 0.717) is 0 Å². The Morgan fingerprint density at radius 1 is 1.07 bits per heavy atom. The van der Waals surface area contributed by atoms with Crippen LogP contribution in [0.4, 0.5) is 0 Å². The van der Waals surface area contributed by atoms with Crippen LogP contribution in [-0.2, 0) is 4.79 Å². The van der Waals surface area contributed by atoms with Crippen LogP contribution in [0.1, 0.15) is 12.8 Å². The molecule has 2 rings (SSSR count). The minimum atomic E-state index is 0.865. The number of nitrogens with one attached hydrogen (secondary N) is 1. The van der Waals surface area contributed by atoms with Crippen LogP contribution in [0.25, 0.3) is 0 Å². The van der Waals surface area contributed by atoms with Gasteiger partial charge in [-0.2, -0.15) is 0 Å². The van der Waals surface area contributed by atoms with Crippen LogP contribution in [0.5, 0.6) is 0 Å². The van der Waals surface area contributed by atoms with Crippen molar-refractivity contribution in [3.8, 4) is 0 Å². The number of rotatable bonds is 1.